The molecule has 0 amide bonds. The molecule has 2 nitrogen and oxygen atoms in total. The van der Waals surface area contributed by atoms with E-state index in [9.17, 15) is 0 Å². The molecular weight excluding hydrogens is 679 g/mol. The Kier molecular flexibility index (Phi) is 6.98. The Balaban J connectivity index is 1.05. The molecule has 0 fully saturated rings. The van der Waals surface area contributed by atoms with Crippen molar-refractivity contribution in [3.63, 3.8) is 0 Å². The zero-order valence-electron chi connectivity index (χ0n) is 32.1. The van der Waals surface area contributed by atoms with Crippen LogP contribution in [0.3, 0.4) is 0 Å². The molecule has 0 aliphatic heterocycles. The van der Waals surface area contributed by atoms with Crippen molar-refractivity contribution in [1.29, 1.82) is 0 Å². The fraction of sp³-hybridized carbons (Fsp3) is 0.111. The number of rotatable bonds is 5. The smallest absolute Gasteiger partial charge is 0.135 e. The maximum atomic E-state index is 6.18. The molecule has 0 N–H and O–H groups in total. The molecule has 1 heterocycles. The number of furan rings is 1. The van der Waals surface area contributed by atoms with Gasteiger partial charge >= 0.3 is 0 Å². The quantitative estimate of drug-likeness (QED) is 0.176. The van der Waals surface area contributed by atoms with Gasteiger partial charge in [-0.25, -0.2) is 0 Å². The van der Waals surface area contributed by atoms with Crippen LogP contribution in [-0.2, 0) is 10.8 Å². The van der Waals surface area contributed by atoms with Crippen LogP contribution in [-0.4, -0.2) is 0 Å². The largest absolute Gasteiger partial charge is 0.456 e. The zero-order valence-corrected chi connectivity index (χ0v) is 32.1. The van der Waals surface area contributed by atoms with Crippen molar-refractivity contribution < 1.29 is 4.42 Å². The van der Waals surface area contributed by atoms with Crippen LogP contribution < -0.4 is 4.90 Å². The summed E-state index contributed by atoms with van der Waals surface area (Å²) in [7, 11) is 0. The maximum absolute atomic E-state index is 6.18. The van der Waals surface area contributed by atoms with Crippen LogP contribution in [0.25, 0.3) is 66.4 Å². The number of nitrogens with zero attached hydrogens (tertiary/aromatic N) is 1. The highest BCUT2D eigenvalue weighted by Gasteiger charge is 2.38. The molecule has 0 atom stereocenters. The third kappa shape index (κ3) is 4.75. The van der Waals surface area contributed by atoms with Gasteiger partial charge in [-0.1, -0.05) is 149 Å². The van der Waals surface area contributed by atoms with Crippen LogP contribution in [0.5, 0.6) is 0 Å². The molecule has 268 valence electrons. The van der Waals surface area contributed by atoms with E-state index in [1.807, 2.05) is 12.1 Å². The van der Waals surface area contributed by atoms with Crippen LogP contribution in [0.2, 0.25) is 0 Å². The van der Waals surface area contributed by atoms with Gasteiger partial charge in [-0.05, 0) is 121 Å². The standard InChI is InChI=1S/C54H41NO/c1-53(2)47-20-8-5-15-41(47)43-29-28-39(33-49(43)53)55(38-14-11-13-35(31-38)36-25-30-51-46(32-36)44-17-7-10-22-50(44)56-51)37-26-23-34(24-27-37)40-18-12-19-45-42-16-6-9-21-48(42)54(3,4)52(40)45/h5-33H,1-4H3. The zero-order chi connectivity index (χ0) is 37.8. The van der Waals surface area contributed by atoms with Gasteiger partial charge in [-0.15, -0.1) is 0 Å². The fourth-order valence-corrected chi connectivity index (χ4v) is 9.89. The first-order chi connectivity index (χ1) is 27.3. The van der Waals surface area contributed by atoms with E-state index in [1.54, 1.807) is 0 Å². The van der Waals surface area contributed by atoms with Crippen molar-refractivity contribution in [3.8, 4) is 44.5 Å². The van der Waals surface area contributed by atoms with Crippen LogP contribution in [0.15, 0.2) is 180 Å². The lowest BCUT2D eigenvalue weighted by Gasteiger charge is -2.29. The summed E-state index contributed by atoms with van der Waals surface area (Å²) >= 11 is 0. The molecule has 56 heavy (non-hydrogen) atoms. The first-order valence-electron chi connectivity index (χ1n) is 19.7. The Morgan fingerprint density at radius 3 is 1.75 bits per heavy atom. The average molecular weight is 720 g/mol. The predicted octanol–water partition coefficient (Wildman–Crippen LogP) is 15.0. The molecule has 1 aromatic heterocycles. The molecule has 0 unspecified atom stereocenters. The molecule has 0 saturated heterocycles. The number of anilines is 3. The second-order valence-electron chi connectivity index (χ2n) is 16.5. The summed E-state index contributed by atoms with van der Waals surface area (Å²) in [6, 6.07) is 64.6. The molecule has 11 rings (SSSR count). The summed E-state index contributed by atoms with van der Waals surface area (Å²) in [5.41, 5.74) is 20.7. The van der Waals surface area contributed by atoms with Gasteiger partial charge in [0, 0.05) is 38.7 Å². The number of hydrogen-bond donors (Lipinski definition) is 0. The van der Waals surface area contributed by atoms with Crippen molar-refractivity contribution in [3.05, 3.63) is 198 Å². The molecular formula is C54H41NO. The van der Waals surface area contributed by atoms with Crippen molar-refractivity contribution in [1.82, 2.24) is 0 Å². The van der Waals surface area contributed by atoms with E-state index in [0.29, 0.717) is 0 Å². The van der Waals surface area contributed by atoms with Gasteiger partial charge < -0.3 is 9.32 Å². The van der Waals surface area contributed by atoms with Gasteiger partial charge in [0.15, 0.2) is 0 Å². The van der Waals surface area contributed by atoms with Gasteiger partial charge in [0.1, 0.15) is 11.2 Å². The van der Waals surface area contributed by atoms with Crippen molar-refractivity contribution in [2.24, 2.45) is 0 Å². The predicted molar refractivity (Wildman–Crippen MR) is 234 cm³/mol. The number of benzene rings is 8. The van der Waals surface area contributed by atoms with E-state index in [-0.39, 0.29) is 10.8 Å². The van der Waals surface area contributed by atoms with Crippen LogP contribution in [0, 0.1) is 0 Å². The molecule has 0 spiro atoms. The van der Waals surface area contributed by atoms with Gasteiger partial charge in [0.2, 0.25) is 0 Å². The van der Waals surface area contributed by atoms with Crippen molar-refractivity contribution >= 4 is 39.0 Å². The van der Waals surface area contributed by atoms with E-state index in [1.165, 1.54) is 55.6 Å². The monoisotopic (exact) mass is 719 g/mol. The molecule has 2 aliphatic rings. The van der Waals surface area contributed by atoms with E-state index in [2.05, 4.69) is 196 Å². The lowest BCUT2D eigenvalue weighted by atomic mass is 9.79. The van der Waals surface area contributed by atoms with E-state index < -0.39 is 0 Å². The molecule has 2 aliphatic carbocycles. The Labute approximate surface area is 328 Å². The summed E-state index contributed by atoms with van der Waals surface area (Å²) < 4.78 is 6.18. The van der Waals surface area contributed by atoms with Gasteiger partial charge in [0.05, 0.1) is 0 Å². The maximum Gasteiger partial charge on any atom is 0.135 e. The number of hydrogen-bond acceptors (Lipinski definition) is 2. The van der Waals surface area contributed by atoms with Gasteiger partial charge in [-0.3, -0.25) is 0 Å². The van der Waals surface area contributed by atoms with Crippen molar-refractivity contribution in [2.75, 3.05) is 4.90 Å². The van der Waals surface area contributed by atoms with E-state index >= 15 is 0 Å². The van der Waals surface area contributed by atoms with Crippen molar-refractivity contribution in [2.45, 2.75) is 38.5 Å². The van der Waals surface area contributed by atoms with E-state index in [0.717, 1.165) is 50.1 Å². The van der Waals surface area contributed by atoms with E-state index in [4.69, 9.17) is 4.42 Å². The second-order valence-corrected chi connectivity index (χ2v) is 16.5. The SMILES string of the molecule is CC1(C)c2ccccc2-c2ccc(N(c3ccc(-c4cccc5c4C(C)(C)c4ccccc4-5)cc3)c3cccc(-c4ccc5oc6ccccc6c5c4)c3)cc21. The van der Waals surface area contributed by atoms with Crippen LogP contribution >= 0.6 is 0 Å². The highest BCUT2D eigenvalue weighted by Crippen LogP contribution is 2.53. The summed E-state index contributed by atoms with van der Waals surface area (Å²) in [4.78, 5) is 2.42. The first-order valence-corrected chi connectivity index (χ1v) is 19.7. The first kappa shape index (κ1) is 32.8. The number of fused-ring (bicyclic) bond motifs is 9. The highest BCUT2D eigenvalue weighted by atomic mass is 16.3. The average Bonchev–Trinajstić information content (AvgIpc) is 3.81. The molecule has 2 heteroatoms. The molecule has 9 aromatic rings. The number of para-hydroxylation sites is 1. The lowest BCUT2D eigenvalue weighted by Crippen LogP contribution is -2.16. The van der Waals surface area contributed by atoms with Crippen LogP contribution in [0.4, 0.5) is 17.1 Å². The third-order valence-corrected chi connectivity index (χ3v) is 12.7. The Morgan fingerprint density at radius 2 is 0.929 bits per heavy atom. The molecule has 0 bridgehead atoms. The normalized spacial score (nSPS) is 14.4. The van der Waals surface area contributed by atoms with Crippen LogP contribution in [0.1, 0.15) is 49.9 Å². The summed E-state index contributed by atoms with van der Waals surface area (Å²) in [5, 5.41) is 2.27. The molecule has 0 saturated carbocycles. The van der Waals surface area contributed by atoms with Gasteiger partial charge in [0.25, 0.3) is 0 Å². The fourth-order valence-electron chi connectivity index (χ4n) is 9.89. The Bertz CT molecular complexity index is 3030. The topological polar surface area (TPSA) is 16.4 Å². The third-order valence-electron chi connectivity index (χ3n) is 12.7. The molecule has 0 radical (unpaired) electrons. The summed E-state index contributed by atoms with van der Waals surface area (Å²) in [6.07, 6.45) is 0. The minimum Gasteiger partial charge on any atom is -0.456 e. The lowest BCUT2D eigenvalue weighted by molar-refractivity contribution is 0.660. The Hall–Kier alpha value is -6.64. The minimum absolute atomic E-state index is 0.0891. The highest BCUT2D eigenvalue weighted by molar-refractivity contribution is 6.06. The molecule has 8 aromatic carbocycles. The summed E-state index contributed by atoms with van der Waals surface area (Å²) in [6.45, 7) is 9.44. The summed E-state index contributed by atoms with van der Waals surface area (Å²) in [5.74, 6) is 0. The Morgan fingerprint density at radius 1 is 0.357 bits per heavy atom. The minimum atomic E-state index is -0.111. The second kappa shape index (κ2) is 11.9. The van der Waals surface area contributed by atoms with Gasteiger partial charge in [-0.2, -0.15) is 0 Å².